The fraction of sp³-hybridized carbons (Fsp3) is 0.167. The average molecular weight is 526 g/mol. The van der Waals surface area contributed by atoms with Crippen molar-refractivity contribution in [2.45, 2.75) is 17.5 Å². The van der Waals surface area contributed by atoms with Gasteiger partial charge in [0.2, 0.25) is 6.21 Å². The van der Waals surface area contributed by atoms with Gasteiger partial charge in [-0.25, -0.2) is 4.39 Å². The van der Waals surface area contributed by atoms with Crippen molar-refractivity contribution in [3.8, 4) is 11.5 Å². The minimum atomic E-state index is -4.64. The molecule has 0 aliphatic carbocycles. The van der Waals surface area contributed by atoms with E-state index in [0.717, 1.165) is 24.3 Å². The highest BCUT2D eigenvalue weighted by Crippen LogP contribution is 2.30. The van der Waals surface area contributed by atoms with E-state index in [-0.39, 0.29) is 12.0 Å². The van der Waals surface area contributed by atoms with E-state index < -0.39 is 44.2 Å². The van der Waals surface area contributed by atoms with E-state index in [9.17, 15) is 30.8 Å². The third-order valence-corrected chi connectivity index (χ3v) is 6.03. The lowest BCUT2D eigenvalue weighted by Gasteiger charge is -2.11. The first-order chi connectivity index (χ1) is 16.9. The molecule has 1 N–H and O–H groups in total. The fourth-order valence-electron chi connectivity index (χ4n) is 3.11. The number of carbonyl (C=O) groups excluding carboxylic acids is 1. The van der Waals surface area contributed by atoms with Crippen LogP contribution in [0, 0.1) is 5.82 Å². The summed E-state index contributed by atoms with van der Waals surface area (Å²) in [6.45, 7) is 0. The van der Waals surface area contributed by atoms with Crippen molar-refractivity contribution in [3.63, 3.8) is 0 Å². The molecule has 12 heteroatoms. The molecule has 1 amide bonds. The van der Waals surface area contributed by atoms with Gasteiger partial charge in [0.05, 0.1) is 24.7 Å². The van der Waals surface area contributed by atoms with Crippen molar-refractivity contribution >= 4 is 22.2 Å². The zero-order chi connectivity index (χ0) is 26.5. The maximum Gasteiger partial charge on any atom is 0.416 e. The summed E-state index contributed by atoms with van der Waals surface area (Å²) >= 11 is 0. The van der Waals surface area contributed by atoms with Crippen LogP contribution in [0.4, 0.5) is 17.6 Å². The monoisotopic (exact) mass is 525 g/mol. The second-order valence-electron chi connectivity index (χ2n) is 7.55. The Morgan fingerprint density at radius 2 is 1.75 bits per heavy atom. The van der Waals surface area contributed by atoms with Crippen LogP contribution in [0.2, 0.25) is 0 Å². The highest BCUT2D eigenvalue weighted by molar-refractivity contribution is 7.87. The standard InChI is InChI=1S/C24H20F4N2O5S/c1-30(29-23(31)13-16-4-3-5-20(12-16)34-2)15-17-6-9-19(25)14-22(17)35-36(32,33)21-10-7-18(8-11-21)24(26,27)28/h3-12,14-15H,13H2,1-2H3/p+1/b30-15+. The van der Waals surface area contributed by atoms with Gasteiger partial charge in [0.15, 0.2) is 12.8 Å². The molecule has 0 bridgehead atoms. The van der Waals surface area contributed by atoms with Crippen LogP contribution in [-0.4, -0.2) is 39.4 Å². The molecule has 0 heterocycles. The topological polar surface area (TPSA) is 84.7 Å². The summed E-state index contributed by atoms with van der Waals surface area (Å²) in [6, 6.07) is 12.7. The van der Waals surface area contributed by atoms with E-state index in [0.29, 0.717) is 23.4 Å². The number of rotatable bonds is 8. The number of benzene rings is 3. The van der Waals surface area contributed by atoms with Crippen LogP contribution in [0.25, 0.3) is 0 Å². The SMILES string of the molecule is COc1cccc(CC(=O)N/[N+](C)=C/c2ccc(F)cc2OS(=O)(=O)c2ccc(C(F)(F)F)cc2)c1. The van der Waals surface area contributed by atoms with Crippen LogP contribution in [-0.2, 0) is 27.5 Å². The molecule has 36 heavy (non-hydrogen) atoms. The number of amides is 1. The lowest BCUT2D eigenvalue weighted by Crippen LogP contribution is -2.34. The maximum absolute atomic E-state index is 13.9. The van der Waals surface area contributed by atoms with Crippen LogP contribution in [0.5, 0.6) is 11.5 Å². The number of hydrogen-bond donors (Lipinski definition) is 1. The van der Waals surface area contributed by atoms with E-state index in [2.05, 4.69) is 5.43 Å². The zero-order valence-corrected chi connectivity index (χ0v) is 19.9. The van der Waals surface area contributed by atoms with Gasteiger partial charge in [-0.1, -0.05) is 12.1 Å². The molecule has 0 spiro atoms. The lowest BCUT2D eigenvalue weighted by molar-refractivity contribution is -0.541. The van der Waals surface area contributed by atoms with Gasteiger partial charge in [-0.05, 0) is 54.1 Å². The Labute approximate surface area is 204 Å². The normalized spacial score (nSPS) is 12.2. The van der Waals surface area contributed by atoms with Gasteiger partial charge in [-0.3, -0.25) is 4.79 Å². The number of hydrogen-bond acceptors (Lipinski definition) is 5. The van der Waals surface area contributed by atoms with Crippen LogP contribution >= 0.6 is 0 Å². The fourth-order valence-corrected chi connectivity index (χ4v) is 4.06. The maximum atomic E-state index is 13.9. The number of ether oxygens (including phenoxy) is 1. The summed E-state index contributed by atoms with van der Waals surface area (Å²) in [5, 5.41) is 0. The quantitative estimate of drug-likeness (QED) is 0.158. The molecule has 0 aliphatic heterocycles. The van der Waals surface area contributed by atoms with Gasteiger partial charge in [0.1, 0.15) is 16.5 Å². The zero-order valence-electron chi connectivity index (χ0n) is 19.0. The first-order valence-electron chi connectivity index (χ1n) is 10.3. The van der Waals surface area contributed by atoms with Crippen LogP contribution < -0.4 is 14.3 Å². The number of nitrogens with one attached hydrogen (secondary N) is 1. The number of halogens is 4. The number of hydrazone groups is 1. The molecule has 3 aromatic rings. The first-order valence-corrected chi connectivity index (χ1v) is 11.7. The minimum Gasteiger partial charge on any atom is -0.497 e. The number of methoxy groups -OCH3 is 1. The van der Waals surface area contributed by atoms with E-state index >= 15 is 0 Å². The number of carbonyl (C=O) groups is 1. The second kappa shape index (κ2) is 10.8. The van der Waals surface area contributed by atoms with Crippen LogP contribution in [0.1, 0.15) is 16.7 Å². The Kier molecular flexibility index (Phi) is 7.98. The number of alkyl halides is 3. The predicted molar refractivity (Wildman–Crippen MR) is 122 cm³/mol. The van der Waals surface area contributed by atoms with Crippen LogP contribution in [0.3, 0.4) is 0 Å². The van der Waals surface area contributed by atoms with Crippen molar-refractivity contribution in [1.82, 2.24) is 5.43 Å². The molecule has 0 aromatic heterocycles. The van der Waals surface area contributed by atoms with Gasteiger partial charge in [-0.15, -0.1) is 10.1 Å². The van der Waals surface area contributed by atoms with Crippen molar-refractivity contribution in [2.24, 2.45) is 0 Å². The third-order valence-electron chi connectivity index (χ3n) is 4.78. The third kappa shape index (κ3) is 7.04. The molecule has 0 aliphatic rings. The Bertz CT molecular complexity index is 1390. The summed E-state index contributed by atoms with van der Waals surface area (Å²) in [5.41, 5.74) is 2.30. The van der Waals surface area contributed by atoms with E-state index in [1.165, 1.54) is 31.1 Å². The smallest absolute Gasteiger partial charge is 0.416 e. The Balaban J connectivity index is 1.79. The molecular weight excluding hydrogens is 504 g/mol. The van der Waals surface area contributed by atoms with Gasteiger partial charge in [0, 0.05) is 6.07 Å². The van der Waals surface area contributed by atoms with E-state index in [4.69, 9.17) is 8.92 Å². The summed E-state index contributed by atoms with van der Waals surface area (Å²) in [7, 11) is -1.63. The highest BCUT2D eigenvalue weighted by Gasteiger charge is 2.31. The van der Waals surface area contributed by atoms with Crippen LogP contribution in [0.15, 0.2) is 71.6 Å². The van der Waals surface area contributed by atoms with E-state index in [1.807, 2.05) is 0 Å². The van der Waals surface area contributed by atoms with Gasteiger partial charge in [0.25, 0.3) is 5.91 Å². The van der Waals surface area contributed by atoms with Gasteiger partial charge < -0.3 is 8.92 Å². The van der Waals surface area contributed by atoms with Crippen molar-refractivity contribution in [1.29, 1.82) is 0 Å². The molecule has 3 aromatic carbocycles. The molecule has 0 fully saturated rings. The van der Waals surface area contributed by atoms with E-state index in [1.54, 1.807) is 24.3 Å². The Hall–Kier alpha value is -3.93. The Morgan fingerprint density at radius 1 is 1.06 bits per heavy atom. The van der Waals surface area contributed by atoms with Crippen molar-refractivity contribution < 1.29 is 44.4 Å². The number of nitrogens with zero attached hydrogens (tertiary/aromatic N) is 1. The minimum absolute atomic E-state index is 0.0183. The molecule has 0 atom stereocenters. The molecule has 0 unspecified atom stereocenters. The predicted octanol–water partition coefficient (Wildman–Crippen LogP) is 3.96. The molecule has 3 rings (SSSR count). The molecule has 0 saturated carbocycles. The van der Waals surface area contributed by atoms with Crippen molar-refractivity contribution in [2.75, 3.05) is 14.2 Å². The lowest BCUT2D eigenvalue weighted by atomic mass is 10.1. The summed E-state index contributed by atoms with van der Waals surface area (Å²) in [5.74, 6) is -1.05. The molecule has 190 valence electrons. The second-order valence-corrected chi connectivity index (χ2v) is 9.09. The Morgan fingerprint density at radius 3 is 2.39 bits per heavy atom. The molecular formula is C24H21F4N2O5S+. The largest absolute Gasteiger partial charge is 0.497 e. The summed E-state index contributed by atoms with van der Waals surface area (Å²) in [6.07, 6.45) is -3.33. The molecule has 0 radical (unpaired) electrons. The van der Waals surface area contributed by atoms with Gasteiger partial charge >= 0.3 is 16.3 Å². The summed E-state index contributed by atoms with van der Waals surface area (Å²) in [4.78, 5) is 11.8. The molecule has 0 saturated heterocycles. The average Bonchev–Trinajstić information content (AvgIpc) is 2.80. The van der Waals surface area contributed by atoms with Gasteiger partial charge in [-0.2, -0.15) is 21.6 Å². The first kappa shape index (κ1) is 26.7. The molecule has 7 nitrogen and oxygen atoms in total. The van der Waals surface area contributed by atoms with Crippen molar-refractivity contribution in [3.05, 3.63) is 89.2 Å². The number of hydrazine groups is 1. The highest BCUT2D eigenvalue weighted by atomic mass is 32.2. The summed E-state index contributed by atoms with van der Waals surface area (Å²) < 4.78 is 88.7.